The van der Waals surface area contributed by atoms with Gasteiger partial charge in [-0.15, -0.1) is 0 Å². The largest absolute Gasteiger partial charge is 0.379 e. The molecule has 0 fully saturated rings. The molecule has 0 aromatic heterocycles. The number of unbranched alkanes of at least 4 members (excludes halogenated alkanes) is 28. The summed E-state index contributed by atoms with van der Waals surface area (Å²) in [6.07, 6.45) is 38.8. The van der Waals surface area contributed by atoms with Crippen molar-refractivity contribution in [1.82, 2.24) is 0 Å². The summed E-state index contributed by atoms with van der Waals surface area (Å²) < 4.78 is 0. The van der Waals surface area contributed by atoms with Crippen LogP contribution in [-0.2, 0) is 38.7 Å². The van der Waals surface area contributed by atoms with Crippen LogP contribution >= 0.6 is 0 Å². The topological polar surface area (TPSA) is 105 Å². The smallest absolute Gasteiger partial charge is 0.247 e. The van der Waals surface area contributed by atoms with Crippen LogP contribution in [0.5, 0.6) is 0 Å². The van der Waals surface area contributed by atoms with Gasteiger partial charge in [0, 0.05) is 12.2 Å². The second kappa shape index (κ2) is 37.4. The minimum atomic E-state index is -1.04. The highest BCUT2D eigenvalue weighted by molar-refractivity contribution is 5.91. The summed E-state index contributed by atoms with van der Waals surface area (Å²) in [6, 6.07) is 0. The average Bonchev–Trinajstić information content (AvgIpc) is 3.08. The SMILES string of the molecule is CCCCCCCCCCCCCCCCCC(=O)OOC(=O)/C=C\C(=O)OOC(=O)CCCCCCCCCCCCCCCCC. The molecule has 0 atom stereocenters. The Kier molecular flexibility index (Phi) is 35.6. The fourth-order valence-electron chi connectivity index (χ4n) is 5.73. The van der Waals surface area contributed by atoms with Gasteiger partial charge in [0.2, 0.25) is 0 Å². The highest BCUT2D eigenvalue weighted by Gasteiger charge is 2.10. The number of carbonyl (C=O) groups excluding carboxylic acids is 4. The molecule has 0 unspecified atom stereocenters. The van der Waals surface area contributed by atoms with Crippen molar-refractivity contribution in [3.8, 4) is 0 Å². The molecule has 8 nitrogen and oxygen atoms in total. The first-order chi connectivity index (χ1) is 23.5. The Balaban J connectivity index is 3.54. The summed E-state index contributed by atoms with van der Waals surface area (Å²) in [5.41, 5.74) is 0. The number of rotatable bonds is 34. The summed E-state index contributed by atoms with van der Waals surface area (Å²) in [6.45, 7) is 4.50. The molecule has 0 saturated heterocycles. The standard InChI is InChI=1S/C40H72O8/c1-3-5-7-9-11-13-15-17-19-21-23-25-27-29-31-33-37(41)45-47-39(43)35-36-40(44)48-46-38(42)34-32-30-28-26-24-22-20-18-16-14-12-10-8-6-4-2/h35-36H,3-34H2,1-2H3/b36-35-. The van der Waals surface area contributed by atoms with Crippen LogP contribution in [0.1, 0.15) is 219 Å². The van der Waals surface area contributed by atoms with Crippen LogP contribution in [0.25, 0.3) is 0 Å². The van der Waals surface area contributed by atoms with Gasteiger partial charge in [-0.05, 0) is 12.8 Å². The maximum atomic E-state index is 11.8. The van der Waals surface area contributed by atoms with Gasteiger partial charge in [-0.2, -0.15) is 0 Å². The number of carbonyl (C=O) groups is 4. The first kappa shape index (κ1) is 45.6. The van der Waals surface area contributed by atoms with E-state index in [1.165, 1.54) is 141 Å². The lowest BCUT2D eigenvalue weighted by molar-refractivity contribution is -0.256. The molecular weight excluding hydrogens is 608 g/mol. The molecule has 0 aromatic carbocycles. The third-order valence-electron chi connectivity index (χ3n) is 8.76. The van der Waals surface area contributed by atoms with E-state index >= 15 is 0 Å². The quantitative estimate of drug-likeness (QED) is 0.0286. The Labute approximate surface area is 293 Å². The van der Waals surface area contributed by atoms with Crippen molar-refractivity contribution in [2.75, 3.05) is 0 Å². The van der Waals surface area contributed by atoms with Crippen LogP contribution in [0.15, 0.2) is 12.2 Å². The van der Waals surface area contributed by atoms with Crippen molar-refractivity contribution in [3.63, 3.8) is 0 Å². The molecule has 0 aliphatic carbocycles. The second-order valence-corrected chi connectivity index (χ2v) is 13.4. The van der Waals surface area contributed by atoms with E-state index in [2.05, 4.69) is 33.4 Å². The normalized spacial score (nSPS) is 11.1. The first-order valence-electron chi connectivity index (χ1n) is 20.0. The number of hydrogen-bond acceptors (Lipinski definition) is 8. The highest BCUT2D eigenvalue weighted by Crippen LogP contribution is 2.15. The van der Waals surface area contributed by atoms with E-state index in [-0.39, 0.29) is 12.8 Å². The second-order valence-electron chi connectivity index (χ2n) is 13.4. The van der Waals surface area contributed by atoms with E-state index in [0.29, 0.717) is 12.8 Å². The molecular formula is C40H72O8. The third kappa shape index (κ3) is 36.5. The molecule has 8 heteroatoms. The molecule has 0 aliphatic rings. The zero-order chi connectivity index (χ0) is 35.2. The lowest BCUT2D eigenvalue weighted by Gasteiger charge is -2.04. The molecule has 48 heavy (non-hydrogen) atoms. The summed E-state index contributed by atoms with van der Waals surface area (Å²) in [5.74, 6) is -3.36. The Morgan fingerprint density at radius 3 is 0.750 bits per heavy atom. The predicted molar refractivity (Wildman–Crippen MR) is 193 cm³/mol. The van der Waals surface area contributed by atoms with Gasteiger partial charge >= 0.3 is 23.9 Å². The predicted octanol–water partition coefficient (Wildman–Crippen LogP) is 12.1. The van der Waals surface area contributed by atoms with Crippen molar-refractivity contribution >= 4 is 23.9 Å². The molecule has 0 rings (SSSR count). The molecule has 0 N–H and O–H groups in total. The van der Waals surface area contributed by atoms with E-state index in [9.17, 15) is 19.2 Å². The summed E-state index contributed by atoms with van der Waals surface area (Å²) in [4.78, 5) is 64.7. The van der Waals surface area contributed by atoms with E-state index < -0.39 is 23.9 Å². The highest BCUT2D eigenvalue weighted by atomic mass is 17.2. The van der Waals surface area contributed by atoms with Crippen molar-refractivity contribution in [3.05, 3.63) is 12.2 Å². The van der Waals surface area contributed by atoms with Crippen molar-refractivity contribution in [2.24, 2.45) is 0 Å². The van der Waals surface area contributed by atoms with Crippen molar-refractivity contribution in [1.29, 1.82) is 0 Å². The molecule has 0 bridgehead atoms. The van der Waals surface area contributed by atoms with Gasteiger partial charge in [-0.25, -0.2) is 38.7 Å². The monoisotopic (exact) mass is 681 g/mol. The summed E-state index contributed by atoms with van der Waals surface area (Å²) in [5, 5.41) is 0. The Morgan fingerprint density at radius 1 is 0.312 bits per heavy atom. The first-order valence-corrected chi connectivity index (χ1v) is 20.0. The van der Waals surface area contributed by atoms with E-state index in [4.69, 9.17) is 0 Å². The van der Waals surface area contributed by atoms with E-state index in [0.717, 1.165) is 50.7 Å². The Morgan fingerprint density at radius 2 is 0.521 bits per heavy atom. The van der Waals surface area contributed by atoms with Gasteiger partial charge in [0.05, 0.1) is 12.8 Å². The molecule has 0 spiro atoms. The molecule has 0 amide bonds. The molecule has 0 saturated carbocycles. The van der Waals surface area contributed by atoms with Crippen LogP contribution < -0.4 is 0 Å². The lowest BCUT2D eigenvalue weighted by atomic mass is 10.0. The zero-order valence-corrected chi connectivity index (χ0v) is 31.0. The molecule has 0 aromatic rings. The molecule has 0 heterocycles. The Bertz CT molecular complexity index is 730. The Hall–Kier alpha value is -2.38. The van der Waals surface area contributed by atoms with Crippen LogP contribution in [0, 0.1) is 0 Å². The van der Waals surface area contributed by atoms with Gasteiger partial charge in [-0.3, -0.25) is 0 Å². The molecule has 280 valence electrons. The fraction of sp³-hybridized carbons (Fsp3) is 0.850. The van der Waals surface area contributed by atoms with Crippen LogP contribution in [0.3, 0.4) is 0 Å². The van der Waals surface area contributed by atoms with Gasteiger partial charge in [0.1, 0.15) is 0 Å². The van der Waals surface area contributed by atoms with Gasteiger partial charge in [-0.1, -0.05) is 194 Å². The summed E-state index contributed by atoms with van der Waals surface area (Å²) >= 11 is 0. The zero-order valence-electron chi connectivity index (χ0n) is 31.0. The molecule has 0 radical (unpaired) electrons. The average molecular weight is 681 g/mol. The van der Waals surface area contributed by atoms with E-state index in [1.807, 2.05) is 0 Å². The van der Waals surface area contributed by atoms with E-state index in [1.54, 1.807) is 0 Å². The summed E-state index contributed by atoms with van der Waals surface area (Å²) in [7, 11) is 0. The maximum absolute atomic E-state index is 11.8. The third-order valence-corrected chi connectivity index (χ3v) is 8.76. The fourth-order valence-corrected chi connectivity index (χ4v) is 5.73. The van der Waals surface area contributed by atoms with Crippen LogP contribution in [0.2, 0.25) is 0 Å². The van der Waals surface area contributed by atoms with Crippen molar-refractivity contribution in [2.45, 2.75) is 219 Å². The minimum Gasteiger partial charge on any atom is -0.247 e. The number of hydrogen-bond donors (Lipinski definition) is 0. The maximum Gasteiger partial charge on any atom is 0.379 e. The van der Waals surface area contributed by atoms with Crippen LogP contribution in [0.4, 0.5) is 0 Å². The van der Waals surface area contributed by atoms with Gasteiger partial charge in [0.15, 0.2) is 0 Å². The van der Waals surface area contributed by atoms with Crippen LogP contribution in [-0.4, -0.2) is 23.9 Å². The van der Waals surface area contributed by atoms with Gasteiger partial charge in [0.25, 0.3) is 0 Å². The van der Waals surface area contributed by atoms with Gasteiger partial charge < -0.3 is 0 Å². The minimum absolute atomic E-state index is 0.159. The molecule has 0 aliphatic heterocycles. The lowest BCUT2D eigenvalue weighted by Crippen LogP contribution is -2.11. The van der Waals surface area contributed by atoms with Crippen molar-refractivity contribution < 1.29 is 38.7 Å².